The number of nitrogens with one attached hydrogen (secondary N) is 2. The summed E-state index contributed by atoms with van der Waals surface area (Å²) in [5.41, 5.74) is 2.67. The number of aromatic nitrogens is 4. The highest BCUT2D eigenvalue weighted by molar-refractivity contribution is 6.06. The van der Waals surface area contributed by atoms with Gasteiger partial charge in [0.15, 0.2) is 5.82 Å². The van der Waals surface area contributed by atoms with Crippen LogP contribution in [0.4, 0.5) is 11.4 Å². The van der Waals surface area contributed by atoms with Gasteiger partial charge in [-0.25, -0.2) is 9.67 Å². The second-order valence-electron chi connectivity index (χ2n) is 6.47. The average molecular weight is 398 g/mol. The largest absolute Gasteiger partial charge is 0.322 e. The maximum absolute atomic E-state index is 12.8. The molecule has 0 aliphatic rings. The number of nitrogens with zero attached hydrogens (tertiary/aromatic N) is 4. The van der Waals surface area contributed by atoms with Gasteiger partial charge in [-0.15, -0.1) is 0 Å². The van der Waals surface area contributed by atoms with Crippen LogP contribution in [0.15, 0.2) is 79.4 Å². The molecule has 4 aromatic rings. The summed E-state index contributed by atoms with van der Waals surface area (Å²) in [4.78, 5) is 33.2. The molecule has 1 aromatic carbocycles. The highest BCUT2D eigenvalue weighted by atomic mass is 16.2. The predicted octanol–water partition coefficient (Wildman–Crippen LogP) is 3.48. The van der Waals surface area contributed by atoms with Crippen LogP contribution in [0.25, 0.3) is 5.82 Å². The lowest BCUT2D eigenvalue weighted by atomic mass is 10.2. The van der Waals surface area contributed by atoms with Gasteiger partial charge in [0.1, 0.15) is 0 Å². The Morgan fingerprint density at radius 1 is 0.867 bits per heavy atom. The second-order valence-corrected chi connectivity index (χ2v) is 6.47. The quantitative estimate of drug-likeness (QED) is 0.536. The molecule has 4 rings (SSSR count). The van der Waals surface area contributed by atoms with E-state index in [9.17, 15) is 9.59 Å². The molecule has 3 heterocycles. The molecule has 0 radical (unpaired) electrons. The van der Waals surface area contributed by atoms with Gasteiger partial charge in [-0.05, 0) is 49.4 Å². The zero-order chi connectivity index (χ0) is 20.9. The predicted molar refractivity (Wildman–Crippen MR) is 113 cm³/mol. The van der Waals surface area contributed by atoms with Crippen molar-refractivity contribution in [1.29, 1.82) is 0 Å². The van der Waals surface area contributed by atoms with Crippen LogP contribution in [0.1, 0.15) is 26.4 Å². The highest BCUT2D eigenvalue weighted by Gasteiger charge is 2.16. The first-order chi connectivity index (χ1) is 14.6. The van der Waals surface area contributed by atoms with Crippen molar-refractivity contribution in [3.63, 3.8) is 0 Å². The summed E-state index contributed by atoms with van der Waals surface area (Å²) in [7, 11) is 0. The lowest BCUT2D eigenvalue weighted by molar-refractivity contribution is 0.101. The molecule has 0 aliphatic heterocycles. The molecule has 8 heteroatoms. The first-order valence-electron chi connectivity index (χ1n) is 9.20. The maximum atomic E-state index is 12.8. The van der Waals surface area contributed by atoms with Crippen LogP contribution in [0.3, 0.4) is 0 Å². The van der Waals surface area contributed by atoms with Gasteiger partial charge in [0.2, 0.25) is 0 Å². The molecule has 0 unspecified atom stereocenters. The summed E-state index contributed by atoms with van der Waals surface area (Å²) in [6, 6.07) is 15.8. The molecule has 0 spiro atoms. The summed E-state index contributed by atoms with van der Waals surface area (Å²) in [6.45, 7) is 1.81. The van der Waals surface area contributed by atoms with E-state index in [4.69, 9.17) is 0 Å². The van der Waals surface area contributed by atoms with Crippen LogP contribution in [-0.4, -0.2) is 31.6 Å². The van der Waals surface area contributed by atoms with Crippen molar-refractivity contribution in [3.8, 4) is 5.82 Å². The van der Waals surface area contributed by atoms with E-state index in [1.165, 1.54) is 12.4 Å². The van der Waals surface area contributed by atoms with E-state index in [-0.39, 0.29) is 11.8 Å². The molecular weight excluding hydrogens is 380 g/mol. The fourth-order valence-corrected chi connectivity index (χ4v) is 2.92. The normalized spacial score (nSPS) is 10.4. The number of rotatable bonds is 5. The highest BCUT2D eigenvalue weighted by Crippen LogP contribution is 2.19. The van der Waals surface area contributed by atoms with Gasteiger partial charge in [0.05, 0.1) is 23.0 Å². The molecule has 3 aromatic heterocycles. The molecule has 148 valence electrons. The third-order valence-corrected chi connectivity index (χ3v) is 4.42. The second kappa shape index (κ2) is 8.36. The topological polar surface area (TPSA) is 102 Å². The Morgan fingerprint density at radius 2 is 1.67 bits per heavy atom. The summed E-state index contributed by atoms with van der Waals surface area (Å²) >= 11 is 0. The Bertz CT molecular complexity index is 1190. The van der Waals surface area contributed by atoms with Crippen LogP contribution < -0.4 is 10.6 Å². The van der Waals surface area contributed by atoms with Crippen molar-refractivity contribution in [2.24, 2.45) is 0 Å². The van der Waals surface area contributed by atoms with E-state index in [1.807, 2.05) is 18.2 Å². The first kappa shape index (κ1) is 19.0. The van der Waals surface area contributed by atoms with Gasteiger partial charge >= 0.3 is 0 Å². The zero-order valence-corrected chi connectivity index (χ0v) is 16.1. The van der Waals surface area contributed by atoms with Crippen molar-refractivity contribution >= 4 is 23.2 Å². The molecular formula is C22H18N6O2. The number of amides is 2. The van der Waals surface area contributed by atoms with Gasteiger partial charge in [-0.2, -0.15) is 5.10 Å². The van der Waals surface area contributed by atoms with Crippen molar-refractivity contribution in [3.05, 3.63) is 96.2 Å². The van der Waals surface area contributed by atoms with Gasteiger partial charge in [0.25, 0.3) is 11.8 Å². The number of anilines is 2. The summed E-state index contributed by atoms with van der Waals surface area (Å²) in [6.07, 6.45) is 6.27. The number of hydrogen-bond donors (Lipinski definition) is 2. The lowest BCUT2D eigenvalue weighted by Crippen LogP contribution is -2.14. The number of carbonyl (C=O) groups excluding carboxylic acids is 2. The lowest BCUT2D eigenvalue weighted by Gasteiger charge is -2.09. The number of hydrogen-bond acceptors (Lipinski definition) is 5. The molecule has 0 atom stereocenters. The van der Waals surface area contributed by atoms with Crippen LogP contribution in [0.2, 0.25) is 0 Å². The van der Waals surface area contributed by atoms with Crippen LogP contribution >= 0.6 is 0 Å². The van der Waals surface area contributed by atoms with Gasteiger partial charge in [-0.1, -0.05) is 12.1 Å². The Balaban J connectivity index is 1.49. The molecule has 0 fully saturated rings. The van der Waals surface area contributed by atoms with E-state index in [2.05, 4.69) is 25.7 Å². The van der Waals surface area contributed by atoms with Crippen molar-refractivity contribution in [1.82, 2.24) is 19.7 Å². The molecule has 2 amide bonds. The molecule has 2 N–H and O–H groups in total. The molecule has 0 aliphatic carbocycles. The van der Waals surface area contributed by atoms with E-state index >= 15 is 0 Å². The summed E-state index contributed by atoms with van der Waals surface area (Å²) < 4.78 is 1.61. The van der Waals surface area contributed by atoms with E-state index < -0.39 is 0 Å². The summed E-state index contributed by atoms with van der Waals surface area (Å²) in [5, 5.41) is 9.90. The fraction of sp³-hybridized carbons (Fsp3) is 0.0455. The zero-order valence-electron chi connectivity index (χ0n) is 16.1. The van der Waals surface area contributed by atoms with Crippen molar-refractivity contribution < 1.29 is 9.59 Å². The first-order valence-corrected chi connectivity index (χ1v) is 9.20. The van der Waals surface area contributed by atoms with Crippen LogP contribution in [0, 0.1) is 6.92 Å². The minimum Gasteiger partial charge on any atom is -0.322 e. The van der Waals surface area contributed by atoms with Crippen LogP contribution in [-0.2, 0) is 0 Å². The molecule has 0 saturated carbocycles. The number of benzene rings is 1. The smallest absolute Gasteiger partial charge is 0.259 e. The molecule has 0 bridgehead atoms. The molecule has 30 heavy (non-hydrogen) atoms. The standard InChI is InChI=1S/C22H18N6O2/c1-15-19(14-25-28(15)20-9-2-3-11-24-20)22(30)27-18-8-4-7-17(12-18)26-21(29)16-6-5-10-23-13-16/h2-14H,1H3,(H,26,29)(H,27,30). The number of pyridine rings is 2. The minimum absolute atomic E-state index is 0.279. The Labute approximate surface area is 172 Å². The number of carbonyl (C=O) groups is 2. The molecule has 0 saturated heterocycles. The Kier molecular flexibility index (Phi) is 5.29. The van der Waals surface area contributed by atoms with Gasteiger partial charge in [-0.3, -0.25) is 14.6 Å². The van der Waals surface area contributed by atoms with Crippen LogP contribution in [0.5, 0.6) is 0 Å². The minimum atomic E-state index is -0.301. The van der Waals surface area contributed by atoms with Crippen molar-refractivity contribution in [2.45, 2.75) is 6.92 Å². The van der Waals surface area contributed by atoms with E-state index in [0.717, 1.165) is 0 Å². The average Bonchev–Trinajstić information content (AvgIpc) is 3.16. The third-order valence-electron chi connectivity index (χ3n) is 4.42. The van der Waals surface area contributed by atoms with Crippen molar-refractivity contribution in [2.75, 3.05) is 10.6 Å². The fourth-order valence-electron chi connectivity index (χ4n) is 2.92. The third kappa shape index (κ3) is 4.07. The Morgan fingerprint density at radius 3 is 2.37 bits per heavy atom. The Hall–Kier alpha value is -4.33. The van der Waals surface area contributed by atoms with E-state index in [1.54, 1.807) is 60.4 Å². The van der Waals surface area contributed by atoms with E-state index in [0.29, 0.717) is 34.0 Å². The maximum Gasteiger partial charge on any atom is 0.259 e. The van der Waals surface area contributed by atoms with Gasteiger partial charge in [0, 0.05) is 30.0 Å². The monoisotopic (exact) mass is 398 g/mol. The molecule has 8 nitrogen and oxygen atoms in total. The van der Waals surface area contributed by atoms with Gasteiger partial charge < -0.3 is 10.6 Å². The SMILES string of the molecule is Cc1c(C(=O)Nc2cccc(NC(=O)c3cccnc3)c2)cnn1-c1ccccn1. The summed E-state index contributed by atoms with van der Waals surface area (Å²) in [5.74, 6) is 0.0543.